The van der Waals surface area contributed by atoms with E-state index in [2.05, 4.69) is 15.0 Å². The molecule has 0 aliphatic rings. The van der Waals surface area contributed by atoms with Crippen molar-refractivity contribution < 1.29 is 18.4 Å². The minimum atomic E-state index is -1.00. The van der Waals surface area contributed by atoms with Crippen LogP contribution < -0.4 is 0 Å². The third-order valence-corrected chi connectivity index (χ3v) is 2.28. The molecule has 0 saturated carbocycles. The summed E-state index contributed by atoms with van der Waals surface area (Å²) >= 11 is 0. The molecule has 98 valence electrons. The summed E-state index contributed by atoms with van der Waals surface area (Å²) in [5.41, 5.74) is 0.270. The number of imidazole rings is 1. The van der Waals surface area contributed by atoms with Crippen molar-refractivity contribution in [3.8, 4) is 0 Å². The summed E-state index contributed by atoms with van der Waals surface area (Å²) in [7, 11) is 1.63. The van der Waals surface area contributed by atoms with Crippen LogP contribution in [0, 0.1) is 11.6 Å². The van der Waals surface area contributed by atoms with Gasteiger partial charge in [-0.3, -0.25) is 0 Å². The quantitative estimate of drug-likeness (QED) is 0.484. The second-order valence-corrected chi connectivity index (χ2v) is 3.65. The smallest absolute Gasteiger partial charge is 0.328 e. The maximum absolute atomic E-state index is 12.9. The van der Waals surface area contributed by atoms with Gasteiger partial charge in [0, 0.05) is 19.4 Å². The second-order valence-electron chi connectivity index (χ2n) is 3.65. The van der Waals surface area contributed by atoms with E-state index in [1.807, 2.05) is 0 Å². The molecule has 0 spiro atoms. The highest BCUT2D eigenvalue weighted by Crippen LogP contribution is 2.07. The van der Waals surface area contributed by atoms with E-state index in [1.165, 1.54) is 16.8 Å². The van der Waals surface area contributed by atoms with Crippen molar-refractivity contribution in [1.29, 1.82) is 0 Å². The summed E-state index contributed by atoms with van der Waals surface area (Å²) in [6.07, 6.45) is 4.12. The van der Waals surface area contributed by atoms with Crippen molar-refractivity contribution in [2.75, 3.05) is 0 Å². The van der Waals surface area contributed by atoms with Crippen LogP contribution in [-0.2, 0) is 11.9 Å². The highest BCUT2D eigenvalue weighted by atomic mass is 19.2. The molecule has 0 atom stereocenters. The minimum Gasteiger partial charge on any atom is -0.328 e. The molecule has 1 heterocycles. The lowest BCUT2D eigenvalue weighted by Crippen LogP contribution is -2.08. The van der Waals surface area contributed by atoms with E-state index in [0.29, 0.717) is 0 Å². The molecule has 1 aromatic carbocycles. The van der Waals surface area contributed by atoms with Crippen LogP contribution in [0.2, 0.25) is 0 Å². The van der Waals surface area contributed by atoms with Gasteiger partial charge in [0.2, 0.25) is 5.82 Å². The van der Waals surface area contributed by atoms with Gasteiger partial charge in [-0.25, -0.2) is 18.6 Å². The molecule has 0 aliphatic heterocycles. The predicted molar refractivity (Wildman–Crippen MR) is 62.6 cm³/mol. The van der Waals surface area contributed by atoms with Crippen molar-refractivity contribution in [3.05, 3.63) is 53.6 Å². The number of halogens is 2. The Balaban J connectivity index is 2.02. The van der Waals surface area contributed by atoms with Gasteiger partial charge in [0.15, 0.2) is 11.6 Å². The first-order valence-electron chi connectivity index (χ1n) is 5.25. The molecule has 2 aromatic rings. The van der Waals surface area contributed by atoms with Gasteiger partial charge in [-0.05, 0) is 17.7 Å². The van der Waals surface area contributed by atoms with E-state index in [-0.39, 0.29) is 11.4 Å². The Morgan fingerprint density at radius 2 is 2.21 bits per heavy atom. The number of aromatic nitrogens is 2. The Kier molecular flexibility index (Phi) is 3.65. The van der Waals surface area contributed by atoms with Gasteiger partial charge in [-0.15, -0.1) is 0 Å². The van der Waals surface area contributed by atoms with Crippen LogP contribution in [0.5, 0.6) is 0 Å². The molecule has 2 rings (SSSR count). The molecule has 0 aliphatic carbocycles. The molecule has 0 N–H and O–H groups in total. The summed E-state index contributed by atoms with van der Waals surface area (Å²) in [6.45, 7) is 0. The maximum atomic E-state index is 12.9. The van der Waals surface area contributed by atoms with Crippen molar-refractivity contribution >= 4 is 12.2 Å². The average molecular weight is 265 g/mol. The van der Waals surface area contributed by atoms with Gasteiger partial charge < -0.3 is 9.40 Å². The molecule has 0 saturated heterocycles. The first kappa shape index (κ1) is 12.9. The third kappa shape index (κ3) is 3.01. The van der Waals surface area contributed by atoms with E-state index in [9.17, 15) is 13.6 Å². The van der Waals surface area contributed by atoms with E-state index in [1.54, 1.807) is 13.2 Å². The first-order valence-corrected chi connectivity index (χ1v) is 5.25. The largest absolute Gasteiger partial charge is 0.400 e. The van der Waals surface area contributed by atoms with E-state index in [4.69, 9.17) is 0 Å². The van der Waals surface area contributed by atoms with Gasteiger partial charge in [-0.2, -0.15) is 0 Å². The van der Waals surface area contributed by atoms with Crippen LogP contribution in [-0.4, -0.2) is 21.7 Å². The fraction of sp³-hybridized carbons (Fsp3) is 0.0833. The lowest BCUT2D eigenvalue weighted by atomic mass is 10.2. The van der Waals surface area contributed by atoms with E-state index in [0.717, 1.165) is 18.3 Å². The number of aryl methyl sites for hydroxylation is 1. The number of hydrogen-bond acceptors (Lipinski definition) is 4. The summed E-state index contributed by atoms with van der Waals surface area (Å²) in [5, 5.41) is 3.39. The minimum absolute atomic E-state index is 0.0856. The lowest BCUT2D eigenvalue weighted by Gasteiger charge is -1.98. The molecule has 0 amide bonds. The van der Waals surface area contributed by atoms with Crippen LogP contribution in [0.3, 0.4) is 0 Å². The molecule has 19 heavy (non-hydrogen) atoms. The zero-order chi connectivity index (χ0) is 13.8. The number of carbonyl (C=O) groups is 1. The predicted octanol–water partition coefficient (Wildman–Crippen LogP) is 1.89. The number of hydrogen-bond donors (Lipinski definition) is 0. The molecular weight excluding hydrogens is 256 g/mol. The fourth-order valence-corrected chi connectivity index (χ4v) is 1.33. The van der Waals surface area contributed by atoms with Crippen LogP contribution in [0.15, 0.2) is 35.7 Å². The van der Waals surface area contributed by atoms with Gasteiger partial charge in [0.1, 0.15) is 0 Å². The number of oxime groups is 1. The summed E-state index contributed by atoms with van der Waals surface area (Å²) < 4.78 is 27.0. The Morgan fingerprint density at radius 3 is 2.84 bits per heavy atom. The highest BCUT2D eigenvalue weighted by Gasteiger charge is 2.11. The summed E-state index contributed by atoms with van der Waals surface area (Å²) in [4.78, 5) is 19.8. The maximum Gasteiger partial charge on any atom is 0.400 e. The van der Waals surface area contributed by atoms with Crippen LogP contribution >= 0.6 is 0 Å². The molecule has 7 heteroatoms. The lowest BCUT2D eigenvalue weighted by molar-refractivity contribution is 0.0500. The molecule has 1 aromatic heterocycles. The SMILES string of the molecule is Cn1ccnc1C(=O)ON=Cc1ccc(F)c(F)c1. The van der Waals surface area contributed by atoms with Crippen molar-refractivity contribution in [1.82, 2.24) is 9.55 Å². The number of benzene rings is 1. The molecule has 0 unspecified atom stereocenters. The Bertz CT molecular complexity index is 638. The van der Waals surface area contributed by atoms with E-state index < -0.39 is 17.6 Å². The standard InChI is InChI=1S/C12H9F2N3O2/c1-17-5-4-15-11(17)12(18)19-16-7-8-2-3-9(13)10(14)6-8/h2-7H,1H3. The normalized spacial score (nSPS) is 10.9. The van der Waals surface area contributed by atoms with E-state index >= 15 is 0 Å². The second kappa shape index (κ2) is 5.38. The molecular formula is C12H9F2N3O2. The third-order valence-electron chi connectivity index (χ3n) is 2.28. The summed E-state index contributed by atoms with van der Waals surface area (Å²) in [5.74, 6) is -2.62. The number of carbonyl (C=O) groups excluding carboxylic acids is 1. The molecule has 0 fully saturated rings. The van der Waals surface area contributed by atoms with Crippen LogP contribution in [0.1, 0.15) is 16.2 Å². The number of nitrogens with zero attached hydrogens (tertiary/aromatic N) is 3. The summed E-state index contributed by atoms with van der Waals surface area (Å²) in [6, 6.07) is 3.20. The Labute approximate surface area is 107 Å². The Hall–Kier alpha value is -2.57. The molecule has 0 radical (unpaired) electrons. The zero-order valence-corrected chi connectivity index (χ0v) is 9.88. The van der Waals surface area contributed by atoms with Crippen molar-refractivity contribution in [2.24, 2.45) is 12.2 Å². The molecule has 0 bridgehead atoms. The first-order chi connectivity index (χ1) is 9.08. The number of rotatable bonds is 3. The van der Waals surface area contributed by atoms with Gasteiger partial charge in [0.25, 0.3) is 0 Å². The van der Waals surface area contributed by atoms with Crippen molar-refractivity contribution in [2.45, 2.75) is 0 Å². The highest BCUT2D eigenvalue weighted by molar-refractivity contribution is 5.86. The van der Waals surface area contributed by atoms with Gasteiger partial charge >= 0.3 is 5.97 Å². The van der Waals surface area contributed by atoms with Gasteiger partial charge in [-0.1, -0.05) is 11.2 Å². The Morgan fingerprint density at radius 1 is 1.42 bits per heavy atom. The monoisotopic (exact) mass is 265 g/mol. The average Bonchev–Trinajstić information content (AvgIpc) is 2.80. The van der Waals surface area contributed by atoms with Crippen molar-refractivity contribution in [3.63, 3.8) is 0 Å². The molecule has 5 nitrogen and oxygen atoms in total. The zero-order valence-electron chi connectivity index (χ0n) is 9.88. The topological polar surface area (TPSA) is 56.5 Å². The van der Waals surface area contributed by atoms with Crippen LogP contribution in [0.4, 0.5) is 8.78 Å². The van der Waals surface area contributed by atoms with Gasteiger partial charge in [0.05, 0.1) is 6.21 Å². The van der Waals surface area contributed by atoms with Crippen LogP contribution in [0.25, 0.3) is 0 Å². The fourth-order valence-electron chi connectivity index (χ4n) is 1.33.